The first-order valence-corrected chi connectivity index (χ1v) is 8.27. The summed E-state index contributed by atoms with van der Waals surface area (Å²) in [5.41, 5.74) is 4.47. The summed E-state index contributed by atoms with van der Waals surface area (Å²) in [7, 11) is 0. The number of pyridine rings is 1. The zero-order chi connectivity index (χ0) is 17.8. The standard InChI is InChI=1S/C20H14N4O2/c1-11-9-12(2)22-18-17(11)19-21-8-7-15(24(19)23-18)14-10-13-5-3-4-6-16(13)26-20(14)25/h3-10H,1-2H3. The first-order chi connectivity index (χ1) is 12.6. The van der Waals surface area contributed by atoms with Crippen molar-refractivity contribution in [3.05, 3.63) is 70.3 Å². The van der Waals surface area contributed by atoms with Crippen LogP contribution in [0.3, 0.4) is 0 Å². The van der Waals surface area contributed by atoms with E-state index in [1.165, 1.54) is 0 Å². The highest BCUT2D eigenvalue weighted by atomic mass is 16.4. The van der Waals surface area contributed by atoms with Crippen LogP contribution in [0, 0.1) is 13.8 Å². The quantitative estimate of drug-likeness (QED) is 0.435. The first kappa shape index (κ1) is 14.8. The van der Waals surface area contributed by atoms with Crippen LogP contribution >= 0.6 is 0 Å². The maximum absolute atomic E-state index is 12.6. The lowest BCUT2D eigenvalue weighted by Gasteiger charge is -2.04. The predicted octanol–water partition coefficient (Wildman–Crippen LogP) is 3.67. The number of nitrogens with zero attached hydrogens (tertiary/aromatic N) is 4. The Labute approximate surface area is 147 Å². The molecule has 0 fully saturated rings. The molecule has 0 aliphatic rings. The van der Waals surface area contributed by atoms with Crippen LogP contribution in [-0.2, 0) is 0 Å². The fourth-order valence-corrected chi connectivity index (χ4v) is 3.39. The van der Waals surface area contributed by atoms with E-state index in [0.717, 1.165) is 22.0 Å². The Morgan fingerprint density at radius 1 is 1.08 bits per heavy atom. The summed E-state index contributed by atoms with van der Waals surface area (Å²) in [5, 5.41) is 6.34. The Bertz CT molecular complexity index is 1380. The normalized spacial score (nSPS) is 11.6. The molecule has 5 rings (SSSR count). The van der Waals surface area contributed by atoms with E-state index < -0.39 is 5.63 Å². The zero-order valence-electron chi connectivity index (χ0n) is 14.2. The molecule has 0 unspecified atom stereocenters. The van der Waals surface area contributed by atoms with Crippen LogP contribution in [0.5, 0.6) is 0 Å². The van der Waals surface area contributed by atoms with Crippen molar-refractivity contribution >= 4 is 27.6 Å². The van der Waals surface area contributed by atoms with Gasteiger partial charge in [0.05, 0.1) is 16.6 Å². The van der Waals surface area contributed by atoms with Gasteiger partial charge in [0, 0.05) is 17.3 Å². The molecule has 0 saturated carbocycles. The Balaban J connectivity index is 1.89. The number of benzene rings is 1. The molecule has 5 aromatic rings. The molecule has 126 valence electrons. The summed E-state index contributed by atoms with van der Waals surface area (Å²) < 4.78 is 7.15. The van der Waals surface area contributed by atoms with Gasteiger partial charge in [-0.2, -0.15) is 0 Å². The van der Waals surface area contributed by atoms with Gasteiger partial charge < -0.3 is 4.42 Å². The van der Waals surface area contributed by atoms with Crippen LogP contribution in [0.15, 0.2) is 57.9 Å². The summed E-state index contributed by atoms with van der Waals surface area (Å²) in [6.07, 6.45) is 1.68. The molecular weight excluding hydrogens is 328 g/mol. The van der Waals surface area contributed by atoms with Gasteiger partial charge in [0.15, 0.2) is 11.3 Å². The number of aromatic nitrogens is 4. The third kappa shape index (κ3) is 2.05. The van der Waals surface area contributed by atoms with E-state index >= 15 is 0 Å². The fourth-order valence-electron chi connectivity index (χ4n) is 3.39. The van der Waals surface area contributed by atoms with Crippen LogP contribution in [0.4, 0.5) is 0 Å². The highest BCUT2D eigenvalue weighted by Gasteiger charge is 2.16. The fraction of sp³-hybridized carbons (Fsp3) is 0.100. The Hall–Kier alpha value is -3.54. The molecule has 0 saturated heterocycles. The summed E-state index contributed by atoms with van der Waals surface area (Å²) in [5.74, 6) is 0. The van der Waals surface area contributed by atoms with Gasteiger partial charge in [0.1, 0.15) is 5.58 Å². The lowest BCUT2D eigenvalue weighted by Crippen LogP contribution is -2.06. The largest absolute Gasteiger partial charge is 0.422 e. The molecule has 4 heterocycles. The van der Waals surface area contributed by atoms with E-state index in [4.69, 9.17) is 4.42 Å². The zero-order valence-corrected chi connectivity index (χ0v) is 14.2. The number of rotatable bonds is 1. The summed E-state index contributed by atoms with van der Waals surface area (Å²) >= 11 is 0. The van der Waals surface area contributed by atoms with Crippen LogP contribution in [0.25, 0.3) is 38.9 Å². The van der Waals surface area contributed by atoms with Crippen molar-refractivity contribution in [1.82, 2.24) is 19.6 Å². The van der Waals surface area contributed by atoms with Gasteiger partial charge in [0.25, 0.3) is 0 Å². The summed E-state index contributed by atoms with van der Waals surface area (Å²) in [6.45, 7) is 3.94. The second-order valence-electron chi connectivity index (χ2n) is 6.33. The molecule has 6 nitrogen and oxygen atoms in total. The van der Waals surface area contributed by atoms with E-state index in [0.29, 0.717) is 28.1 Å². The second kappa shape index (κ2) is 5.23. The molecule has 0 aliphatic carbocycles. The number of para-hydroxylation sites is 1. The highest BCUT2D eigenvalue weighted by molar-refractivity contribution is 5.93. The highest BCUT2D eigenvalue weighted by Crippen LogP contribution is 2.26. The smallest absolute Gasteiger partial charge is 0.345 e. The Morgan fingerprint density at radius 2 is 1.92 bits per heavy atom. The molecule has 1 aromatic carbocycles. The van der Waals surface area contributed by atoms with Gasteiger partial charge in [-0.15, -0.1) is 5.10 Å². The van der Waals surface area contributed by atoms with Gasteiger partial charge in [-0.25, -0.2) is 19.3 Å². The maximum atomic E-state index is 12.6. The molecule has 26 heavy (non-hydrogen) atoms. The minimum Gasteiger partial charge on any atom is -0.422 e. The monoisotopic (exact) mass is 342 g/mol. The number of hydrogen-bond donors (Lipinski definition) is 0. The maximum Gasteiger partial charge on any atom is 0.345 e. The van der Waals surface area contributed by atoms with Crippen LogP contribution in [-0.4, -0.2) is 19.6 Å². The lowest BCUT2D eigenvalue weighted by molar-refractivity contribution is 0.563. The third-order valence-electron chi connectivity index (χ3n) is 4.52. The Kier molecular flexibility index (Phi) is 2.97. The molecule has 0 radical (unpaired) electrons. The molecule has 0 N–H and O–H groups in total. The molecule has 0 spiro atoms. The van der Waals surface area contributed by atoms with Crippen LogP contribution in [0.2, 0.25) is 0 Å². The molecule has 0 atom stereocenters. The predicted molar refractivity (Wildman–Crippen MR) is 99.2 cm³/mol. The van der Waals surface area contributed by atoms with Gasteiger partial charge in [-0.3, -0.25) is 0 Å². The van der Waals surface area contributed by atoms with Gasteiger partial charge in [-0.05, 0) is 43.7 Å². The average Bonchev–Trinajstić information content (AvgIpc) is 2.99. The summed E-state index contributed by atoms with van der Waals surface area (Å²) in [6, 6.07) is 13.0. The van der Waals surface area contributed by atoms with E-state index in [1.807, 2.05) is 44.2 Å². The number of aryl methyl sites for hydroxylation is 2. The van der Waals surface area contributed by atoms with E-state index in [2.05, 4.69) is 15.1 Å². The molecular formula is C20H14N4O2. The van der Waals surface area contributed by atoms with Crippen LogP contribution < -0.4 is 5.63 Å². The second-order valence-corrected chi connectivity index (χ2v) is 6.33. The van der Waals surface area contributed by atoms with Crippen molar-refractivity contribution in [3.8, 4) is 11.3 Å². The molecule has 6 heteroatoms. The van der Waals surface area contributed by atoms with Gasteiger partial charge >= 0.3 is 5.63 Å². The first-order valence-electron chi connectivity index (χ1n) is 8.27. The Morgan fingerprint density at radius 3 is 2.81 bits per heavy atom. The minimum absolute atomic E-state index is 0.406. The van der Waals surface area contributed by atoms with E-state index in [9.17, 15) is 4.79 Å². The minimum atomic E-state index is -0.406. The van der Waals surface area contributed by atoms with Crippen molar-refractivity contribution in [2.75, 3.05) is 0 Å². The topological polar surface area (TPSA) is 73.3 Å². The average molecular weight is 342 g/mol. The molecule has 0 bridgehead atoms. The number of fused-ring (bicyclic) bond motifs is 4. The third-order valence-corrected chi connectivity index (χ3v) is 4.52. The van der Waals surface area contributed by atoms with Crippen molar-refractivity contribution in [2.24, 2.45) is 0 Å². The van der Waals surface area contributed by atoms with Gasteiger partial charge in [0.2, 0.25) is 0 Å². The van der Waals surface area contributed by atoms with E-state index in [1.54, 1.807) is 22.8 Å². The van der Waals surface area contributed by atoms with Crippen molar-refractivity contribution in [2.45, 2.75) is 13.8 Å². The van der Waals surface area contributed by atoms with Crippen LogP contribution in [0.1, 0.15) is 11.3 Å². The van der Waals surface area contributed by atoms with Crippen molar-refractivity contribution in [1.29, 1.82) is 0 Å². The SMILES string of the molecule is Cc1cc(C)c2c(n1)nn1c(-c3cc4ccccc4oc3=O)ccnc21. The number of hydrogen-bond acceptors (Lipinski definition) is 5. The summed E-state index contributed by atoms with van der Waals surface area (Å²) in [4.78, 5) is 21.5. The van der Waals surface area contributed by atoms with Crippen molar-refractivity contribution < 1.29 is 4.42 Å². The van der Waals surface area contributed by atoms with Crippen molar-refractivity contribution in [3.63, 3.8) is 0 Å². The molecule has 0 amide bonds. The lowest BCUT2D eigenvalue weighted by atomic mass is 10.1. The molecule has 4 aromatic heterocycles. The molecule has 0 aliphatic heterocycles. The van der Waals surface area contributed by atoms with E-state index in [-0.39, 0.29) is 0 Å². The van der Waals surface area contributed by atoms with Gasteiger partial charge in [-0.1, -0.05) is 18.2 Å².